The highest BCUT2D eigenvalue weighted by atomic mass is 35.5. The maximum atomic E-state index is 13.3. The number of hydrogen-bond acceptors (Lipinski definition) is 2. The summed E-state index contributed by atoms with van der Waals surface area (Å²) in [5.41, 5.74) is 6.40. The van der Waals surface area contributed by atoms with Gasteiger partial charge in [0, 0.05) is 5.02 Å². The number of carbonyl (C=O) groups excluding carboxylic acids is 1. The number of anilines is 1. The van der Waals surface area contributed by atoms with E-state index in [2.05, 4.69) is 5.32 Å². The number of nitrogens with two attached hydrogens (primary N) is 1. The molecule has 1 amide bonds. The summed E-state index contributed by atoms with van der Waals surface area (Å²) < 4.78 is 13.3. The van der Waals surface area contributed by atoms with Crippen molar-refractivity contribution in [2.45, 2.75) is 13.0 Å². The minimum atomic E-state index is -0.604. The molecular formula is C15H14ClFN2O. The van der Waals surface area contributed by atoms with Gasteiger partial charge < -0.3 is 11.1 Å². The van der Waals surface area contributed by atoms with Crippen molar-refractivity contribution in [2.24, 2.45) is 0 Å². The second-order valence-corrected chi connectivity index (χ2v) is 4.89. The summed E-state index contributed by atoms with van der Waals surface area (Å²) in [5.74, 6) is -1.03. The van der Waals surface area contributed by atoms with E-state index in [1.807, 2.05) is 13.0 Å². The quantitative estimate of drug-likeness (QED) is 0.850. The SMILES string of the molecule is C[C@H](NC(=O)c1cccc(F)c1N)c1cccc(Cl)c1. The molecule has 0 aromatic heterocycles. The van der Waals surface area contributed by atoms with E-state index in [1.54, 1.807) is 18.2 Å². The summed E-state index contributed by atoms with van der Waals surface area (Å²) in [7, 11) is 0. The van der Waals surface area contributed by atoms with Crippen LogP contribution >= 0.6 is 11.6 Å². The third-order valence-electron chi connectivity index (χ3n) is 2.99. The molecule has 0 fully saturated rings. The Hall–Kier alpha value is -2.07. The molecule has 0 unspecified atom stereocenters. The predicted octanol–water partition coefficient (Wildman–Crippen LogP) is 3.55. The van der Waals surface area contributed by atoms with Gasteiger partial charge in [0.1, 0.15) is 5.82 Å². The molecule has 0 aliphatic heterocycles. The van der Waals surface area contributed by atoms with E-state index in [-0.39, 0.29) is 17.3 Å². The molecule has 1 atom stereocenters. The number of rotatable bonds is 3. The Kier molecular flexibility index (Phi) is 4.25. The van der Waals surface area contributed by atoms with E-state index in [9.17, 15) is 9.18 Å². The summed E-state index contributed by atoms with van der Waals surface area (Å²) >= 11 is 5.91. The molecule has 20 heavy (non-hydrogen) atoms. The Bertz CT molecular complexity index is 646. The van der Waals surface area contributed by atoms with Gasteiger partial charge in [0.2, 0.25) is 0 Å². The van der Waals surface area contributed by atoms with Gasteiger partial charge >= 0.3 is 0 Å². The van der Waals surface area contributed by atoms with Crippen LogP contribution in [-0.2, 0) is 0 Å². The molecule has 104 valence electrons. The normalized spacial score (nSPS) is 11.9. The van der Waals surface area contributed by atoms with E-state index in [4.69, 9.17) is 17.3 Å². The van der Waals surface area contributed by atoms with E-state index in [0.29, 0.717) is 5.02 Å². The minimum absolute atomic E-state index is 0.124. The first kappa shape index (κ1) is 14.3. The Balaban J connectivity index is 2.17. The second kappa shape index (κ2) is 5.92. The number of nitrogen functional groups attached to an aromatic ring is 1. The van der Waals surface area contributed by atoms with Crippen LogP contribution in [0.5, 0.6) is 0 Å². The van der Waals surface area contributed by atoms with E-state index < -0.39 is 11.7 Å². The molecular weight excluding hydrogens is 279 g/mol. The third-order valence-corrected chi connectivity index (χ3v) is 3.23. The fourth-order valence-corrected chi connectivity index (χ4v) is 2.07. The van der Waals surface area contributed by atoms with Gasteiger partial charge in [-0.05, 0) is 36.8 Å². The van der Waals surface area contributed by atoms with Gasteiger partial charge in [-0.2, -0.15) is 0 Å². The van der Waals surface area contributed by atoms with Crippen molar-refractivity contribution in [2.75, 3.05) is 5.73 Å². The number of carbonyl (C=O) groups is 1. The summed E-state index contributed by atoms with van der Waals surface area (Å²) in [6.45, 7) is 1.82. The molecule has 0 saturated carbocycles. The number of hydrogen-bond donors (Lipinski definition) is 2. The van der Waals surface area contributed by atoms with Crippen molar-refractivity contribution < 1.29 is 9.18 Å². The van der Waals surface area contributed by atoms with Crippen LogP contribution < -0.4 is 11.1 Å². The molecule has 0 radical (unpaired) electrons. The molecule has 3 nitrogen and oxygen atoms in total. The van der Waals surface area contributed by atoms with Crippen molar-refractivity contribution in [3.05, 3.63) is 64.4 Å². The fraction of sp³-hybridized carbons (Fsp3) is 0.133. The zero-order valence-corrected chi connectivity index (χ0v) is 11.6. The highest BCUT2D eigenvalue weighted by Gasteiger charge is 2.15. The van der Waals surface area contributed by atoms with Crippen molar-refractivity contribution >= 4 is 23.2 Å². The lowest BCUT2D eigenvalue weighted by atomic mass is 10.1. The molecule has 0 saturated heterocycles. The standard InChI is InChI=1S/C15H14ClFN2O/c1-9(10-4-2-5-11(16)8-10)19-15(20)12-6-3-7-13(17)14(12)18/h2-9H,18H2,1H3,(H,19,20)/t9-/m0/s1. The number of para-hydroxylation sites is 1. The highest BCUT2D eigenvalue weighted by Crippen LogP contribution is 2.20. The lowest BCUT2D eigenvalue weighted by molar-refractivity contribution is 0.0940. The lowest BCUT2D eigenvalue weighted by Gasteiger charge is -2.15. The Morgan fingerprint density at radius 3 is 2.70 bits per heavy atom. The Morgan fingerprint density at radius 1 is 1.30 bits per heavy atom. The van der Waals surface area contributed by atoms with E-state index in [0.717, 1.165) is 5.56 Å². The molecule has 0 aliphatic rings. The topological polar surface area (TPSA) is 55.1 Å². The molecule has 2 aromatic carbocycles. The van der Waals surface area contributed by atoms with Crippen LogP contribution in [0, 0.1) is 5.82 Å². The average Bonchev–Trinajstić information content (AvgIpc) is 2.41. The molecule has 2 rings (SSSR count). The van der Waals surface area contributed by atoms with E-state index in [1.165, 1.54) is 18.2 Å². The van der Waals surface area contributed by atoms with Crippen LogP contribution in [0.1, 0.15) is 28.9 Å². The zero-order valence-electron chi connectivity index (χ0n) is 10.9. The van der Waals surface area contributed by atoms with Gasteiger partial charge in [-0.3, -0.25) is 4.79 Å². The van der Waals surface area contributed by atoms with Crippen LogP contribution in [0.15, 0.2) is 42.5 Å². The van der Waals surface area contributed by atoms with Crippen molar-refractivity contribution in [1.82, 2.24) is 5.32 Å². The van der Waals surface area contributed by atoms with E-state index >= 15 is 0 Å². The van der Waals surface area contributed by atoms with Crippen LogP contribution in [0.4, 0.5) is 10.1 Å². The monoisotopic (exact) mass is 292 g/mol. The van der Waals surface area contributed by atoms with Crippen LogP contribution in [0.2, 0.25) is 5.02 Å². The molecule has 0 spiro atoms. The Morgan fingerprint density at radius 2 is 2.00 bits per heavy atom. The predicted molar refractivity (Wildman–Crippen MR) is 78.1 cm³/mol. The zero-order chi connectivity index (χ0) is 14.7. The molecule has 5 heteroatoms. The van der Waals surface area contributed by atoms with Crippen LogP contribution in [0.3, 0.4) is 0 Å². The first-order valence-electron chi connectivity index (χ1n) is 6.09. The average molecular weight is 293 g/mol. The van der Waals surface area contributed by atoms with Crippen molar-refractivity contribution in [1.29, 1.82) is 0 Å². The smallest absolute Gasteiger partial charge is 0.253 e. The highest BCUT2D eigenvalue weighted by molar-refractivity contribution is 6.30. The maximum absolute atomic E-state index is 13.3. The minimum Gasteiger partial charge on any atom is -0.396 e. The summed E-state index contributed by atoms with van der Waals surface area (Å²) in [6, 6.07) is 11.1. The van der Waals surface area contributed by atoms with Crippen molar-refractivity contribution in [3.63, 3.8) is 0 Å². The van der Waals surface area contributed by atoms with Gasteiger partial charge in [-0.1, -0.05) is 29.8 Å². The van der Waals surface area contributed by atoms with Gasteiger partial charge in [0.25, 0.3) is 5.91 Å². The first-order valence-corrected chi connectivity index (χ1v) is 6.47. The van der Waals surface area contributed by atoms with Gasteiger partial charge in [0.15, 0.2) is 0 Å². The molecule has 0 aliphatic carbocycles. The number of halogens is 2. The van der Waals surface area contributed by atoms with Gasteiger partial charge in [-0.25, -0.2) is 4.39 Å². The molecule has 0 heterocycles. The first-order chi connectivity index (χ1) is 9.49. The van der Waals surface area contributed by atoms with Gasteiger partial charge in [0.05, 0.1) is 17.3 Å². The maximum Gasteiger partial charge on any atom is 0.253 e. The summed E-state index contributed by atoms with van der Waals surface area (Å²) in [6.07, 6.45) is 0. The largest absolute Gasteiger partial charge is 0.396 e. The molecule has 0 bridgehead atoms. The van der Waals surface area contributed by atoms with Crippen LogP contribution in [-0.4, -0.2) is 5.91 Å². The van der Waals surface area contributed by atoms with Crippen molar-refractivity contribution in [3.8, 4) is 0 Å². The number of nitrogens with one attached hydrogen (secondary N) is 1. The van der Waals surface area contributed by atoms with Crippen LogP contribution in [0.25, 0.3) is 0 Å². The molecule has 2 aromatic rings. The fourth-order valence-electron chi connectivity index (χ4n) is 1.87. The Labute approximate surface area is 121 Å². The number of amides is 1. The van der Waals surface area contributed by atoms with Gasteiger partial charge in [-0.15, -0.1) is 0 Å². The summed E-state index contributed by atoms with van der Waals surface area (Å²) in [4.78, 5) is 12.1. The third kappa shape index (κ3) is 3.08. The summed E-state index contributed by atoms with van der Waals surface area (Å²) in [5, 5.41) is 3.36. The molecule has 3 N–H and O–H groups in total. The number of benzene rings is 2. The second-order valence-electron chi connectivity index (χ2n) is 4.45. The lowest BCUT2D eigenvalue weighted by Crippen LogP contribution is -2.27.